The van der Waals surface area contributed by atoms with Crippen molar-refractivity contribution >= 4 is 35.7 Å². The lowest BCUT2D eigenvalue weighted by molar-refractivity contribution is -0.141. The van der Waals surface area contributed by atoms with Crippen molar-refractivity contribution in [3.05, 3.63) is 30.1 Å². The zero-order valence-electron chi connectivity index (χ0n) is 18.2. The van der Waals surface area contributed by atoms with Crippen LogP contribution in [0.3, 0.4) is 0 Å². The number of halogens is 1. The third kappa shape index (κ3) is 8.22. The number of ketones is 1. The molecular formula is C22H33ClN4O3. The van der Waals surface area contributed by atoms with Crippen molar-refractivity contribution in [1.29, 1.82) is 0 Å². The molecule has 0 radical (unpaired) electrons. The first-order valence-corrected chi connectivity index (χ1v) is 10.3. The Morgan fingerprint density at radius 3 is 2.30 bits per heavy atom. The number of hydrazone groups is 1. The molecule has 7 nitrogen and oxygen atoms in total. The smallest absolute Gasteiger partial charge is 0.309 e. The number of nitrogens with zero attached hydrogens (tertiary/aromatic N) is 2. The monoisotopic (exact) mass is 436 g/mol. The van der Waals surface area contributed by atoms with Gasteiger partial charge in [0.1, 0.15) is 0 Å². The van der Waals surface area contributed by atoms with E-state index < -0.39 is 17.7 Å². The second kappa shape index (κ2) is 11.8. The second-order valence-electron chi connectivity index (χ2n) is 8.90. The molecule has 1 saturated carbocycles. The highest BCUT2D eigenvalue weighted by molar-refractivity contribution is 6.38. The maximum Gasteiger partial charge on any atom is 0.309 e. The van der Waals surface area contributed by atoms with Gasteiger partial charge in [-0.25, -0.2) is 5.43 Å². The number of rotatable bonds is 7. The van der Waals surface area contributed by atoms with Gasteiger partial charge >= 0.3 is 5.91 Å². The molecule has 0 aromatic carbocycles. The molecule has 2 amide bonds. The van der Waals surface area contributed by atoms with Gasteiger partial charge in [-0.15, -0.1) is 12.4 Å². The SMILES string of the molecule is C/C(=N\NC(=O)C(=O)C(CC(C)(C)C)NC(=O)C1CCCCC1)c1ccncc1.Cl. The van der Waals surface area contributed by atoms with Gasteiger partial charge in [0.25, 0.3) is 0 Å². The summed E-state index contributed by atoms with van der Waals surface area (Å²) in [6, 6.07) is 2.67. The fourth-order valence-corrected chi connectivity index (χ4v) is 3.48. The van der Waals surface area contributed by atoms with E-state index in [0.29, 0.717) is 12.1 Å². The lowest BCUT2D eigenvalue weighted by atomic mass is 9.85. The minimum absolute atomic E-state index is 0. The molecule has 2 N–H and O–H groups in total. The van der Waals surface area contributed by atoms with Crippen LogP contribution in [-0.4, -0.2) is 34.3 Å². The molecule has 1 atom stereocenters. The van der Waals surface area contributed by atoms with E-state index >= 15 is 0 Å². The number of pyridine rings is 1. The first kappa shape index (κ1) is 25.8. The summed E-state index contributed by atoms with van der Waals surface area (Å²) in [6.07, 6.45) is 8.51. The lowest BCUT2D eigenvalue weighted by Gasteiger charge is -2.28. The van der Waals surface area contributed by atoms with Gasteiger partial charge < -0.3 is 5.32 Å². The Labute approximate surface area is 184 Å². The highest BCUT2D eigenvalue weighted by atomic mass is 35.5. The zero-order valence-corrected chi connectivity index (χ0v) is 19.1. The van der Waals surface area contributed by atoms with Crippen molar-refractivity contribution in [2.24, 2.45) is 16.4 Å². The van der Waals surface area contributed by atoms with Crippen LogP contribution in [0, 0.1) is 11.3 Å². The fourth-order valence-electron chi connectivity index (χ4n) is 3.48. The van der Waals surface area contributed by atoms with Crippen LogP contribution in [-0.2, 0) is 14.4 Å². The van der Waals surface area contributed by atoms with Gasteiger partial charge in [-0.05, 0) is 43.7 Å². The van der Waals surface area contributed by atoms with Crippen molar-refractivity contribution in [2.45, 2.75) is 72.3 Å². The van der Waals surface area contributed by atoms with Gasteiger partial charge in [0.15, 0.2) is 0 Å². The average Bonchev–Trinajstić information content (AvgIpc) is 2.71. The van der Waals surface area contributed by atoms with Gasteiger partial charge in [-0.1, -0.05) is 40.0 Å². The molecule has 0 bridgehead atoms. The third-order valence-electron chi connectivity index (χ3n) is 5.07. The van der Waals surface area contributed by atoms with Crippen molar-refractivity contribution in [3.63, 3.8) is 0 Å². The molecule has 30 heavy (non-hydrogen) atoms. The Balaban J connectivity index is 0.00000450. The van der Waals surface area contributed by atoms with Gasteiger partial charge in [-0.3, -0.25) is 19.4 Å². The molecule has 1 aromatic rings. The fraction of sp³-hybridized carbons (Fsp3) is 0.591. The molecule has 0 spiro atoms. The van der Waals surface area contributed by atoms with E-state index in [-0.39, 0.29) is 29.6 Å². The first-order valence-electron chi connectivity index (χ1n) is 10.3. The summed E-state index contributed by atoms with van der Waals surface area (Å²) >= 11 is 0. The van der Waals surface area contributed by atoms with Crippen molar-refractivity contribution in [3.8, 4) is 0 Å². The summed E-state index contributed by atoms with van der Waals surface area (Å²) in [7, 11) is 0. The third-order valence-corrected chi connectivity index (χ3v) is 5.07. The molecule has 2 rings (SSSR count). The molecule has 1 fully saturated rings. The van der Waals surface area contributed by atoms with Crippen LogP contribution in [0.4, 0.5) is 0 Å². The molecule has 1 aliphatic rings. The number of amides is 2. The van der Waals surface area contributed by atoms with Crippen molar-refractivity contribution in [1.82, 2.24) is 15.7 Å². The minimum Gasteiger partial charge on any atom is -0.345 e. The van der Waals surface area contributed by atoms with Gasteiger partial charge in [0.2, 0.25) is 11.7 Å². The number of nitrogens with one attached hydrogen (secondary N) is 2. The average molecular weight is 437 g/mol. The van der Waals surface area contributed by atoms with E-state index in [9.17, 15) is 14.4 Å². The maximum absolute atomic E-state index is 12.8. The number of carbonyl (C=O) groups is 3. The van der Waals surface area contributed by atoms with Crippen LogP contribution in [0.25, 0.3) is 0 Å². The standard InChI is InChI=1S/C22H32N4O3.ClH/c1-15(16-10-12-23-13-11-16)25-26-21(29)19(27)18(14-22(2,3)4)24-20(28)17-8-6-5-7-9-17;/h10-13,17-18H,5-9,14H2,1-4H3,(H,24,28)(H,26,29);1H/b25-15+;. The molecule has 8 heteroatoms. The Hall–Kier alpha value is -2.28. The minimum atomic E-state index is -0.860. The Bertz CT molecular complexity index is 753. The predicted octanol–water partition coefficient (Wildman–Crippen LogP) is 3.41. The Morgan fingerprint density at radius 2 is 1.73 bits per heavy atom. The highest BCUT2D eigenvalue weighted by Crippen LogP contribution is 2.25. The van der Waals surface area contributed by atoms with E-state index in [1.807, 2.05) is 20.8 Å². The Morgan fingerprint density at radius 1 is 1.13 bits per heavy atom. The number of aromatic nitrogens is 1. The van der Waals surface area contributed by atoms with E-state index in [2.05, 4.69) is 20.8 Å². The summed E-state index contributed by atoms with van der Waals surface area (Å²) in [5.74, 6) is -1.70. The Kier molecular flexibility index (Phi) is 10.1. The summed E-state index contributed by atoms with van der Waals surface area (Å²) in [5, 5.41) is 6.86. The molecule has 1 unspecified atom stereocenters. The molecule has 1 aromatic heterocycles. The van der Waals surface area contributed by atoms with Crippen molar-refractivity contribution in [2.75, 3.05) is 0 Å². The predicted molar refractivity (Wildman–Crippen MR) is 119 cm³/mol. The van der Waals surface area contributed by atoms with E-state index in [1.165, 1.54) is 0 Å². The molecule has 1 aliphatic carbocycles. The summed E-state index contributed by atoms with van der Waals surface area (Å²) in [5.41, 5.74) is 3.46. The molecular weight excluding hydrogens is 404 g/mol. The van der Waals surface area contributed by atoms with Gasteiger partial charge in [0, 0.05) is 23.9 Å². The largest absolute Gasteiger partial charge is 0.345 e. The quantitative estimate of drug-likeness (QED) is 0.388. The van der Waals surface area contributed by atoms with Crippen LogP contribution in [0.2, 0.25) is 0 Å². The molecule has 0 saturated heterocycles. The van der Waals surface area contributed by atoms with Crippen LogP contribution in [0.5, 0.6) is 0 Å². The molecule has 166 valence electrons. The van der Waals surface area contributed by atoms with E-state index in [1.54, 1.807) is 31.5 Å². The second-order valence-corrected chi connectivity index (χ2v) is 8.90. The normalized spacial score (nSPS) is 16.2. The van der Waals surface area contributed by atoms with Crippen LogP contribution < -0.4 is 10.7 Å². The molecule has 1 heterocycles. The first-order chi connectivity index (χ1) is 13.7. The molecule has 0 aliphatic heterocycles. The van der Waals surface area contributed by atoms with Gasteiger partial charge in [-0.2, -0.15) is 5.10 Å². The number of carbonyl (C=O) groups excluding carboxylic acids is 3. The van der Waals surface area contributed by atoms with Gasteiger partial charge in [0.05, 0.1) is 11.8 Å². The summed E-state index contributed by atoms with van der Waals surface area (Å²) < 4.78 is 0. The number of hydrogen-bond donors (Lipinski definition) is 2. The van der Waals surface area contributed by atoms with Crippen molar-refractivity contribution < 1.29 is 14.4 Å². The number of Topliss-reactive ketones (excluding diaryl/α,β-unsaturated/α-hetero) is 1. The highest BCUT2D eigenvalue weighted by Gasteiger charge is 2.33. The van der Waals surface area contributed by atoms with Crippen LogP contribution in [0.1, 0.15) is 71.8 Å². The van der Waals surface area contributed by atoms with E-state index in [4.69, 9.17) is 0 Å². The van der Waals surface area contributed by atoms with Crippen LogP contribution in [0.15, 0.2) is 29.6 Å². The number of hydrogen-bond acceptors (Lipinski definition) is 5. The maximum atomic E-state index is 12.8. The zero-order chi connectivity index (χ0) is 21.4. The summed E-state index contributed by atoms with van der Waals surface area (Å²) in [6.45, 7) is 7.66. The summed E-state index contributed by atoms with van der Waals surface area (Å²) in [4.78, 5) is 41.8. The van der Waals surface area contributed by atoms with E-state index in [0.717, 1.165) is 37.7 Å². The lowest BCUT2D eigenvalue weighted by Crippen LogP contribution is -2.50. The topological polar surface area (TPSA) is 101 Å². The van der Waals surface area contributed by atoms with Crippen LogP contribution >= 0.6 is 12.4 Å².